The second-order valence-corrected chi connectivity index (χ2v) is 8.49. The quantitative estimate of drug-likeness (QED) is 0.796. The first-order valence-corrected chi connectivity index (χ1v) is 10.3. The molecule has 1 aromatic carbocycles. The molecule has 3 heterocycles. The minimum atomic E-state index is -0.878. The van der Waals surface area contributed by atoms with Crippen LogP contribution >= 0.6 is 11.8 Å². The molecule has 2 aliphatic rings. The Labute approximate surface area is 170 Å². The van der Waals surface area contributed by atoms with Crippen LogP contribution in [0.1, 0.15) is 39.8 Å². The molecule has 152 valence electrons. The first-order chi connectivity index (χ1) is 13.9. The van der Waals surface area contributed by atoms with Crippen LogP contribution in [0, 0.1) is 5.82 Å². The summed E-state index contributed by atoms with van der Waals surface area (Å²) in [5, 5.41) is 12.9. The molecule has 0 saturated carbocycles. The van der Waals surface area contributed by atoms with Gasteiger partial charge in [-0.15, -0.1) is 11.8 Å². The Kier molecular flexibility index (Phi) is 5.08. The van der Waals surface area contributed by atoms with Crippen LogP contribution in [0.4, 0.5) is 4.39 Å². The summed E-state index contributed by atoms with van der Waals surface area (Å²) < 4.78 is 14.5. The maximum absolute atomic E-state index is 13.0. The predicted octanol–water partition coefficient (Wildman–Crippen LogP) is 1.93. The third-order valence-electron chi connectivity index (χ3n) is 5.29. The lowest BCUT2D eigenvalue weighted by molar-refractivity contribution is 0.0573. The number of carbonyl (C=O) groups excluding carboxylic acids is 2. The summed E-state index contributed by atoms with van der Waals surface area (Å²) in [5.74, 6) is -1.22. The van der Waals surface area contributed by atoms with Crippen molar-refractivity contribution in [3.63, 3.8) is 0 Å². The number of nitrogens with zero attached hydrogens (tertiary/aromatic N) is 2. The lowest BCUT2D eigenvalue weighted by Gasteiger charge is -2.44. The number of aromatic hydroxyl groups is 1. The molecule has 0 radical (unpaired) electrons. The van der Waals surface area contributed by atoms with Gasteiger partial charge in [-0.3, -0.25) is 14.4 Å². The summed E-state index contributed by atoms with van der Waals surface area (Å²) in [7, 11) is 0. The molecule has 2 amide bonds. The fraction of sp³-hybridized carbons (Fsp3) is 0.350. The van der Waals surface area contributed by atoms with Crippen molar-refractivity contribution in [2.45, 2.75) is 37.8 Å². The third kappa shape index (κ3) is 3.50. The Morgan fingerprint density at radius 2 is 2.03 bits per heavy atom. The van der Waals surface area contributed by atoms with Gasteiger partial charge in [0.1, 0.15) is 11.4 Å². The maximum atomic E-state index is 13.0. The van der Waals surface area contributed by atoms with Gasteiger partial charge in [0.15, 0.2) is 11.4 Å². The summed E-state index contributed by atoms with van der Waals surface area (Å²) in [6.45, 7) is 2.44. The Balaban J connectivity index is 1.62. The lowest BCUT2D eigenvalue weighted by Crippen LogP contribution is -2.54. The number of benzene rings is 1. The van der Waals surface area contributed by atoms with Crippen molar-refractivity contribution in [1.82, 2.24) is 14.8 Å². The molecule has 2 atom stereocenters. The van der Waals surface area contributed by atoms with Gasteiger partial charge in [-0.2, -0.15) is 0 Å². The van der Waals surface area contributed by atoms with Crippen LogP contribution in [-0.2, 0) is 13.1 Å². The van der Waals surface area contributed by atoms with Crippen molar-refractivity contribution in [3.05, 3.63) is 63.3 Å². The van der Waals surface area contributed by atoms with E-state index in [0.717, 1.165) is 12.2 Å². The number of thioether (sulfide) groups is 1. The Hall–Kier alpha value is -2.81. The number of hydrogen-bond donors (Lipinski definition) is 2. The molecule has 2 aliphatic heterocycles. The van der Waals surface area contributed by atoms with Gasteiger partial charge in [0.2, 0.25) is 5.43 Å². The molecular formula is C20H20FN3O4S. The van der Waals surface area contributed by atoms with Gasteiger partial charge in [0, 0.05) is 18.8 Å². The fourth-order valence-electron chi connectivity index (χ4n) is 3.70. The number of pyridine rings is 1. The minimum absolute atomic E-state index is 0.0238. The highest BCUT2D eigenvalue weighted by Gasteiger charge is 2.40. The van der Waals surface area contributed by atoms with E-state index in [1.54, 1.807) is 16.7 Å². The Morgan fingerprint density at radius 3 is 2.76 bits per heavy atom. The Bertz CT molecular complexity index is 1040. The van der Waals surface area contributed by atoms with Gasteiger partial charge >= 0.3 is 0 Å². The van der Waals surface area contributed by atoms with Gasteiger partial charge in [-0.1, -0.05) is 12.1 Å². The molecule has 1 saturated heterocycles. The van der Waals surface area contributed by atoms with Crippen molar-refractivity contribution >= 4 is 23.6 Å². The molecule has 2 N–H and O–H groups in total. The SMILES string of the molecule is C[C@@H]1CCSC2Cn3cc(C(=O)NCc4ccc(F)cc4)c(=O)c(O)c3C(=O)N21. The number of halogens is 1. The standard InChI is InChI=1S/C20H20FN3O4S/c1-11-6-7-29-15-10-23-9-14(17(25)18(26)16(23)20(28)24(11)15)19(27)22-8-12-2-4-13(21)5-3-12/h2-5,9,11,15,26H,6-8,10H2,1H3,(H,22,27)/t11-,15?/m1/s1. The molecule has 0 bridgehead atoms. The average molecular weight is 417 g/mol. The van der Waals surface area contributed by atoms with Crippen LogP contribution < -0.4 is 10.7 Å². The number of nitrogens with one attached hydrogen (secondary N) is 1. The zero-order valence-corrected chi connectivity index (χ0v) is 16.5. The van der Waals surface area contributed by atoms with Gasteiger partial charge in [0.25, 0.3) is 11.8 Å². The zero-order chi connectivity index (χ0) is 20.7. The van der Waals surface area contributed by atoms with E-state index in [1.165, 1.54) is 35.0 Å². The van der Waals surface area contributed by atoms with Crippen molar-refractivity contribution in [2.24, 2.45) is 0 Å². The molecule has 9 heteroatoms. The highest BCUT2D eigenvalue weighted by Crippen LogP contribution is 2.35. The number of amides is 2. The molecule has 1 fully saturated rings. The van der Waals surface area contributed by atoms with Gasteiger partial charge in [0.05, 0.1) is 11.9 Å². The number of rotatable bonds is 3. The molecule has 0 spiro atoms. The van der Waals surface area contributed by atoms with Crippen LogP contribution in [0.15, 0.2) is 35.3 Å². The van der Waals surface area contributed by atoms with Crippen molar-refractivity contribution in [1.29, 1.82) is 0 Å². The monoisotopic (exact) mass is 417 g/mol. The Morgan fingerprint density at radius 1 is 1.31 bits per heavy atom. The molecule has 1 unspecified atom stereocenters. The van der Waals surface area contributed by atoms with E-state index in [-0.39, 0.29) is 35.0 Å². The van der Waals surface area contributed by atoms with Gasteiger partial charge in [-0.25, -0.2) is 4.39 Å². The van der Waals surface area contributed by atoms with Crippen LogP contribution in [0.2, 0.25) is 0 Å². The van der Waals surface area contributed by atoms with Crippen LogP contribution in [0.5, 0.6) is 5.75 Å². The summed E-state index contributed by atoms with van der Waals surface area (Å²) in [6.07, 6.45) is 2.19. The molecule has 2 aromatic rings. The third-order valence-corrected chi connectivity index (χ3v) is 6.52. The average Bonchev–Trinajstić information content (AvgIpc) is 2.69. The summed E-state index contributed by atoms with van der Waals surface area (Å²) >= 11 is 1.64. The number of aromatic nitrogens is 1. The van der Waals surface area contributed by atoms with Crippen molar-refractivity contribution < 1.29 is 19.1 Å². The number of hydrogen-bond acceptors (Lipinski definition) is 5. The van der Waals surface area contributed by atoms with Gasteiger partial charge < -0.3 is 19.9 Å². The molecule has 4 rings (SSSR count). The first-order valence-electron chi connectivity index (χ1n) is 9.30. The number of carbonyl (C=O) groups is 2. The van der Waals surface area contributed by atoms with Gasteiger partial charge in [-0.05, 0) is 36.8 Å². The van der Waals surface area contributed by atoms with Crippen molar-refractivity contribution in [3.8, 4) is 5.75 Å². The van der Waals surface area contributed by atoms with Crippen LogP contribution in [-0.4, -0.2) is 43.6 Å². The van der Waals surface area contributed by atoms with E-state index < -0.39 is 23.0 Å². The summed E-state index contributed by atoms with van der Waals surface area (Å²) in [4.78, 5) is 39.7. The van der Waals surface area contributed by atoms with E-state index in [2.05, 4.69) is 5.32 Å². The van der Waals surface area contributed by atoms with E-state index in [4.69, 9.17) is 0 Å². The van der Waals surface area contributed by atoms with E-state index in [9.17, 15) is 23.9 Å². The van der Waals surface area contributed by atoms with E-state index in [0.29, 0.717) is 12.1 Å². The second-order valence-electron chi connectivity index (χ2n) is 7.21. The highest BCUT2D eigenvalue weighted by atomic mass is 32.2. The normalized spacial score (nSPS) is 20.8. The van der Waals surface area contributed by atoms with Crippen LogP contribution in [0.25, 0.3) is 0 Å². The molecule has 29 heavy (non-hydrogen) atoms. The molecule has 0 aliphatic carbocycles. The number of fused-ring (bicyclic) bond motifs is 2. The minimum Gasteiger partial charge on any atom is -0.503 e. The molecule has 7 nitrogen and oxygen atoms in total. The highest BCUT2D eigenvalue weighted by molar-refractivity contribution is 7.99. The summed E-state index contributed by atoms with van der Waals surface area (Å²) in [6, 6.07) is 5.64. The van der Waals surface area contributed by atoms with E-state index >= 15 is 0 Å². The maximum Gasteiger partial charge on any atom is 0.275 e. The molecular weight excluding hydrogens is 397 g/mol. The summed E-state index contributed by atoms with van der Waals surface area (Å²) in [5.41, 5.74) is -0.517. The predicted molar refractivity (Wildman–Crippen MR) is 106 cm³/mol. The van der Waals surface area contributed by atoms with E-state index in [1.807, 2.05) is 6.92 Å². The first kappa shape index (κ1) is 19.5. The zero-order valence-electron chi connectivity index (χ0n) is 15.7. The smallest absolute Gasteiger partial charge is 0.275 e. The lowest BCUT2D eigenvalue weighted by atomic mass is 10.1. The van der Waals surface area contributed by atoms with Crippen LogP contribution in [0.3, 0.4) is 0 Å². The largest absolute Gasteiger partial charge is 0.503 e. The topological polar surface area (TPSA) is 91.6 Å². The molecule has 1 aromatic heterocycles. The second kappa shape index (κ2) is 7.55. The van der Waals surface area contributed by atoms with Crippen molar-refractivity contribution in [2.75, 3.05) is 5.75 Å². The fourth-order valence-corrected chi connectivity index (χ4v) is 5.18.